The first kappa shape index (κ1) is 16.6. The first-order valence-electron chi connectivity index (χ1n) is 10.5. The molecule has 1 aliphatic heterocycles. The number of rotatable bonds is 4. The highest BCUT2D eigenvalue weighted by Crippen LogP contribution is 2.54. The molecule has 1 aromatic heterocycles. The standard InChI is InChI=1S/C23H30N2O/c1-2-23(12-16-6-5-7-17(10-16)13-23)22(26)11-20-18-8-3-4-9-19(18)21-14-24-15-25(20)21/h3-4,8-9,14-17,20,22,26H,2,5-7,10-13H2,1H3. The number of fused-ring (bicyclic) bond motifs is 5. The average Bonchev–Trinajstić information content (AvgIpc) is 3.24. The molecule has 2 saturated carbocycles. The minimum Gasteiger partial charge on any atom is -0.392 e. The van der Waals surface area contributed by atoms with E-state index in [4.69, 9.17) is 0 Å². The van der Waals surface area contributed by atoms with Crippen molar-refractivity contribution >= 4 is 0 Å². The molecular formula is C23H30N2O. The van der Waals surface area contributed by atoms with Crippen molar-refractivity contribution in [3.63, 3.8) is 0 Å². The van der Waals surface area contributed by atoms with Gasteiger partial charge in [0, 0.05) is 5.56 Å². The van der Waals surface area contributed by atoms with E-state index in [1.807, 2.05) is 12.5 Å². The van der Waals surface area contributed by atoms with E-state index < -0.39 is 0 Å². The van der Waals surface area contributed by atoms with Gasteiger partial charge in [0.05, 0.1) is 30.4 Å². The Morgan fingerprint density at radius 1 is 1.23 bits per heavy atom. The number of hydrogen-bond acceptors (Lipinski definition) is 2. The molecule has 3 heteroatoms. The van der Waals surface area contributed by atoms with Crippen molar-refractivity contribution in [2.45, 2.75) is 70.4 Å². The normalized spacial score (nSPS) is 33.5. The number of aliphatic hydroxyl groups is 1. The largest absolute Gasteiger partial charge is 0.392 e. The summed E-state index contributed by atoms with van der Waals surface area (Å²) in [6, 6.07) is 8.87. The Morgan fingerprint density at radius 2 is 2.00 bits per heavy atom. The van der Waals surface area contributed by atoms with Gasteiger partial charge in [-0.05, 0) is 54.9 Å². The second kappa shape index (κ2) is 6.23. The fourth-order valence-electron chi connectivity index (χ4n) is 6.44. The molecule has 2 fully saturated rings. The average molecular weight is 351 g/mol. The predicted octanol–water partition coefficient (Wildman–Crippen LogP) is 5.20. The van der Waals surface area contributed by atoms with Crippen LogP contribution in [0.3, 0.4) is 0 Å². The van der Waals surface area contributed by atoms with E-state index in [0.717, 1.165) is 24.7 Å². The van der Waals surface area contributed by atoms with E-state index in [1.165, 1.54) is 55.3 Å². The molecule has 5 rings (SSSR count). The lowest BCUT2D eigenvalue weighted by atomic mass is 9.57. The van der Waals surface area contributed by atoms with Crippen molar-refractivity contribution in [3.05, 3.63) is 42.4 Å². The summed E-state index contributed by atoms with van der Waals surface area (Å²) in [7, 11) is 0. The Kier molecular flexibility index (Phi) is 3.97. The van der Waals surface area contributed by atoms with Crippen LogP contribution in [-0.2, 0) is 0 Å². The van der Waals surface area contributed by atoms with Crippen molar-refractivity contribution in [2.75, 3.05) is 0 Å². The predicted molar refractivity (Wildman–Crippen MR) is 104 cm³/mol. The van der Waals surface area contributed by atoms with Crippen LogP contribution in [0.2, 0.25) is 0 Å². The fourth-order valence-corrected chi connectivity index (χ4v) is 6.44. The maximum absolute atomic E-state index is 11.5. The molecule has 3 aliphatic rings. The van der Waals surface area contributed by atoms with Gasteiger partial charge in [-0.25, -0.2) is 4.98 Å². The first-order valence-corrected chi connectivity index (χ1v) is 10.5. The number of aliphatic hydroxyl groups excluding tert-OH is 1. The lowest BCUT2D eigenvalue weighted by Gasteiger charge is -2.50. The summed E-state index contributed by atoms with van der Waals surface area (Å²) in [5.41, 5.74) is 3.95. The number of aromatic nitrogens is 2. The molecule has 2 aromatic rings. The summed E-state index contributed by atoms with van der Waals surface area (Å²) in [6.45, 7) is 2.30. The van der Waals surface area contributed by atoms with Gasteiger partial charge in [0.1, 0.15) is 0 Å². The highest BCUT2D eigenvalue weighted by atomic mass is 16.3. The van der Waals surface area contributed by atoms with Crippen LogP contribution in [0.15, 0.2) is 36.8 Å². The van der Waals surface area contributed by atoms with Gasteiger partial charge >= 0.3 is 0 Å². The zero-order chi connectivity index (χ0) is 17.7. The second-order valence-corrected chi connectivity index (χ2v) is 9.06. The van der Waals surface area contributed by atoms with Crippen LogP contribution in [0.4, 0.5) is 0 Å². The van der Waals surface area contributed by atoms with Crippen LogP contribution >= 0.6 is 0 Å². The van der Waals surface area contributed by atoms with Crippen LogP contribution in [0.25, 0.3) is 11.3 Å². The number of hydrogen-bond donors (Lipinski definition) is 1. The van der Waals surface area contributed by atoms with Gasteiger partial charge in [0.15, 0.2) is 0 Å². The molecule has 138 valence electrons. The third-order valence-corrected chi connectivity index (χ3v) is 7.74. The van der Waals surface area contributed by atoms with E-state index in [9.17, 15) is 5.11 Å². The first-order chi connectivity index (χ1) is 12.7. The summed E-state index contributed by atoms with van der Waals surface area (Å²) in [5.74, 6) is 1.69. The Bertz CT molecular complexity index is 783. The topological polar surface area (TPSA) is 38.1 Å². The van der Waals surface area contributed by atoms with Gasteiger partial charge in [-0.2, -0.15) is 0 Å². The zero-order valence-corrected chi connectivity index (χ0v) is 15.8. The summed E-state index contributed by atoms with van der Waals surface area (Å²) >= 11 is 0. The third kappa shape index (κ3) is 2.47. The van der Waals surface area contributed by atoms with Crippen LogP contribution in [0.5, 0.6) is 0 Å². The van der Waals surface area contributed by atoms with Gasteiger partial charge in [0.2, 0.25) is 0 Å². The van der Waals surface area contributed by atoms with Crippen LogP contribution < -0.4 is 0 Å². The Morgan fingerprint density at radius 3 is 2.77 bits per heavy atom. The van der Waals surface area contributed by atoms with E-state index >= 15 is 0 Å². The quantitative estimate of drug-likeness (QED) is 0.823. The molecule has 0 saturated heterocycles. The summed E-state index contributed by atoms with van der Waals surface area (Å²) in [5, 5.41) is 11.5. The molecule has 4 atom stereocenters. The summed E-state index contributed by atoms with van der Waals surface area (Å²) < 4.78 is 2.28. The molecule has 0 amide bonds. The van der Waals surface area contributed by atoms with Gasteiger partial charge < -0.3 is 9.67 Å². The minimum atomic E-state index is -0.234. The smallest absolute Gasteiger partial charge is 0.0956 e. The van der Waals surface area contributed by atoms with Crippen molar-refractivity contribution in [1.82, 2.24) is 9.55 Å². The molecular weight excluding hydrogens is 320 g/mol. The maximum atomic E-state index is 11.5. The second-order valence-electron chi connectivity index (χ2n) is 9.06. The maximum Gasteiger partial charge on any atom is 0.0956 e. The molecule has 0 radical (unpaired) electrons. The van der Waals surface area contributed by atoms with Crippen LogP contribution in [0.1, 0.15) is 69.9 Å². The molecule has 2 bridgehead atoms. The van der Waals surface area contributed by atoms with Gasteiger partial charge in [-0.15, -0.1) is 0 Å². The van der Waals surface area contributed by atoms with E-state index in [-0.39, 0.29) is 17.6 Å². The monoisotopic (exact) mass is 350 g/mol. The van der Waals surface area contributed by atoms with Crippen molar-refractivity contribution in [1.29, 1.82) is 0 Å². The molecule has 3 nitrogen and oxygen atoms in total. The van der Waals surface area contributed by atoms with Crippen molar-refractivity contribution in [3.8, 4) is 11.3 Å². The molecule has 2 aliphatic carbocycles. The Hall–Kier alpha value is -1.61. The Balaban J connectivity index is 1.44. The van der Waals surface area contributed by atoms with E-state index in [2.05, 4.69) is 40.7 Å². The highest BCUT2D eigenvalue weighted by molar-refractivity contribution is 5.68. The van der Waals surface area contributed by atoms with Gasteiger partial charge in [-0.1, -0.05) is 50.5 Å². The highest BCUT2D eigenvalue weighted by Gasteiger charge is 2.46. The summed E-state index contributed by atoms with van der Waals surface area (Å²) in [6.07, 6.45) is 13.6. The molecule has 2 heterocycles. The van der Waals surface area contributed by atoms with E-state index in [0.29, 0.717) is 0 Å². The zero-order valence-electron chi connectivity index (χ0n) is 15.8. The molecule has 26 heavy (non-hydrogen) atoms. The van der Waals surface area contributed by atoms with Crippen molar-refractivity contribution in [2.24, 2.45) is 17.3 Å². The lowest BCUT2D eigenvalue weighted by Crippen LogP contribution is -2.44. The third-order valence-electron chi connectivity index (χ3n) is 7.74. The lowest BCUT2D eigenvalue weighted by molar-refractivity contribution is -0.0604. The van der Waals surface area contributed by atoms with Gasteiger partial charge in [0.25, 0.3) is 0 Å². The number of benzene rings is 1. The number of nitrogens with zero attached hydrogens (tertiary/aromatic N) is 2. The molecule has 1 aromatic carbocycles. The Labute approximate surface area is 156 Å². The number of imidazole rings is 1. The molecule has 4 unspecified atom stereocenters. The fraction of sp³-hybridized carbons (Fsp3) is 0.609. The van der Waals surface area contributed by atoms with Crippen LogP contribution in [0, 0.1) is 17.3 Å². The molecule has 0 spiro atoms. The SMILES string of the molecule is CCC1(C(O)CC2c3ccccc3-c3cncn32)CC2CCCC(C2)C1. The minimum absolute atomic E-state index is 0.117. The molecule has 1 N–H and O–H groups in total. The van der Waals surface area contributed by atoms with Crippen molar-refractivity contribution < 1.29 is 5.11 Å². The summed E-state index contributed by atoms with van der Waals surface area (Å²) in [4.78, 5) is 4.38. The van der Waals surface area contributed by atoms with Crippen LogP contribution in [-0.4, -0.2) is 20.8 Å². The van der Waals surface area contributed by atoms with Gasteiger partial charge in [-0.3, -0.25) is 0 Å². The van der Waals surface area contributed by atoms with E-state index in [1.54, 1.807) is 0 Å².